The molecule has 4 heteroatoms. The van der Waals surface area contributed by atoms with Crippen LogP contribution in [-0.4, -0.2) is 12.1 Å². The van der Waals surface area contributed by atoms with Crippen LogP contribution < -0.4 is 4.74 Å². The van der Waals surface area contributed by atoms with E-state index in [1.807, 2.05) is 47.9 Å². The van der Waals surface area contributed by atoms with Crippen LogP contribution in [0, 0.1) is 18.3 Å². The van der Waals surface area contributed by atoms with Crippen LogP contribution in [0.2, 0.25) is 0 Å². The Bertz CT molecular complexity index is 900. The molecule has 0 unspecified atom stereocenters. The molecule has 0 spiro atoms. The molecule has 118 valence electrons. The smallest absolute Gasteiger partial charge is 0.134 e. The molecular formula is C20H16N2OS. The number of hydrogen-bond donors (Lipinski definition) is 0. The average Bonchev–Trinajstić information content (AvgIpc) is 3.10. The largest absolute Gasteiger partial charge is 0.497 e. The Hall–Kier alpha value is -2.90. The molecule has 0 aliphatic rings. The quantitative estimate of drug-likeness (QED) is 0.618. The number of allylic oxidation sites excluding steroid dienone is 1. The van der Waals surface area contributed by atoms with E-state index in [1.165, 1.54) is 16.9 Å². The van der Waals surface area contributed by atoms with Crippen molar-refractivity contribution in [1.29, 1.82) is 5.26 Å². The summed E-state index contributed by atoms with van der Waals surface area (Å²) in [7, 11) is 1.63. The summed E-state index contributed by atoms with van der Waals surface area (Å²) < 4.78 is 5.15. The summed E-state index contributed by atoms with van der Waals surface area (Å²) in [5.74, 6) is 0.793. The van der Waals surface area contributed by atoms with Gasteiger partial charge in [0.25, 0.3) is 0 Å². The van der Waals surface area contributed by atoms with Crippen LogP contribution >= 0.6 is 11.3 Å². The monoisotopic (exact) mass is 332 g/mol. The maximum absolute atomic E-state index is 9.48. The number of aryl methyl sites for hydroxylation is 1. The molecule has 0 N–H and O–H groups in total. The van der Waals surface area contributed by atoms with Gasteiger partial charge in [0.2, 0.25) is 0 Å². The van der Waals surface area contributed by atoms with E-state index >= 15 is 0 Å². The first-order valence-corrected chi connectivity index (χ1v) is 8.36. The van der Waals surface area contributed by atoms with E-state index in [0.29, 0.717) is 5.57 Å². The van der Waals surface area contributed by atoms with Gasteiger partial charge in [0.05, 0.1) is 18.4 Å². The van der Waals surface area contributed by atoms with E-state index in [1.54, 1.807) is 7.11 Å². The van der Waals surface area contributed by atoms with Gasteiger partial charge in [0.15, 0.2) is 0 Å². The number of rotatable bonds is 4. The van der Waals surface area contributed by atoms with Crippen molar-refractivity contribution in [1.82, 2.24) is 4.98 Å². The Morgan fingerprint density at radius 1 is 1.12 bits per heavy atom. The number of benzene rings is 2. The highest BCUT2D eigenvalue weighted by atomic mass is 32.1. The first-order valence-electron chi connectivity index (χ1n) is 7.48. The highest BCUT2D eigenvalue weighted by Crippen LogP contribution is 2.27. The molecule has 1 heterocycles. The molecule has 0 atom stereocenters. The standard InChI is InChI=1S/C20H16N2OS/c1-14-3-7-16(8-4-14)19-13-24-20(22-19)17(12-21)11-15-5-9-18(23-2)10-6-15/h3-11,13H,1-2H3. The van der Waals surface area contributed by atoms with Gasteiger partial charge in [-0.05, 0) is 30.7 Å². The number of methoxy groups -OCH3 is 1. The van der Waals surface area contributed by atoms with E-state index < -0.39 is 0 Å². The van der Waals surface area contributed by atoms with Crippen LogP contribution in [-0.2, 0) is 0 Å². The molecule has 3 rings (SSSR count). The predicted octanol–water partition coefficient (Wildman–Crippen LogP) is 5.19. The molecule has 0 aliphatic heterocycles. The zero-order valence-electron chi connectivity index (χ0n) is 13.5. The maximum Gasteiger partial charge on any atom is 0.134 e. The van der Waals surface area contributed by atoms with Gasteiger partial charge in [-0.2, -0.15) is 5.26 Å². The molecule has 0 amide bonds. The van der Waals surface area contributed by atoms with Gasteiger partial charge >= 0.3 is 0 Å². The van der Waals surface area contributed by atoms with E-state index in [4.69, 9.17) is 4.74 Å². The maximum atomic E-state index is 9.48. The van der Waals surface area contributed by atoms with E-state index in [-0.39, 0.29) is 0 Å². The lowest BCUT2D eigenvalue weighted by molar-refractivity contribution is 0.415. The normalized spacial score (nSPS) is 11.1. The van der Waals surface area contributed by atoms with Crippen molar-refractivity contribution in [3.8, 4) is 23.1 Å². The minimum absolute atomic E-state index is 0.559. The second-order valence-corrected chi connectivity index (χ2v) is 6.21. The number of thiazole rings is 1. The van der Waals surface area contributed by atoms with Crippen molar-refractivity contribution in [2.75, 3.05) is 7.11 Å². The Labute approximate surface area is 145 Å². The molecule has 0 bridgehead atoms. The Balaban J connectivity index is 1.90. The number of nitrogens with zero attached hydrogens (tertiary/aromatic N) is 2. The van der Waals surface area contributed by atoms with Crippen molar-refractivity contribution in [3.05, 3.63) is 70.0 Å². The molecule has 2 aromatic carbocycles. The third-order valence-corrected chi connectivity index (χ3v) is 4.50. The van der Waals surface area contributed by atoms with E-state index in [9.17, 15) is 5.26 Å². The number of ether oxygens (including phenoxy) is 1. The third kappa shape index (κ3) is 3.53. The minimum atomic E-state index is 0.559. The van der Waals surface area contributed by atoms with Crippen molar-refractivity contribution < 1.29 is 4.74 Å². The first-order chi connectivity index (χ1) is 11.7. The van der Waals surface area contributed by atoms with Crippen molar-refractivity contribution >= 4 is 23.0 Å². The molecule has 3 nitrogen and oxygen atoms in total. The summed E-state index contributed by atoms with van der Waals surface area (Å²) in [5, 5.41) is 12.2. The fourth-order valence-electron chi connectivity index (χ4n) is 2.26. The fraction of sp³-hybridized carbons (Fsp3) is 0.100. The zero-order valence-corrected chi connectivity index (χ0v) is 14.3. The molecular weight excluding hydrogens is 316 g/mol. The van der Waals surface area contributed by atoms with Crippen LogP contribution in [0.15, 0.2) is 53.9 Å². The summed E-state index contributed by atoms with van der Waals surface area (Å²) in [6, 6.07) is 18.1. The number of nitriles is 1. The number of aromatic nitrogens is 1. The van der Waals surface area contributed by atoms with Crippen LogP contribution in [0.5, 0.6) is 5.75 Å². The Morgan fingerprint density at radius 2 is 1.83 bits per heavy atom. The van der Waals surface area contributed by atoms with Gasteiger partial charge in [-0.25, -0.2) is 4.98 Å². The van der Waals surface area contributed by atoms with Gasteiger partial charge in [-0.1, -0.05) is 42.0 Å². The van der Waals surface area contributed by atoms with Crippen LogP contribution in [0.4, 0.5) is 0 Å². The lowest BCUT2D eigenvalue weighted by atomic mass is 10.1. The summed E-state index contributed by atoms with van der Waals surface area (Å²) in [4.78, 5) is 4.61. The van der Waals surface area contributed by atoms with E-state index in [2.05, 4.69) is 30.1 Å². The molecule has 0 fully saturated rings. The lowest BCUT2D eigenvalue weighted by Gasteiger charge is -2.00. The first kappa shape index (κ1) is 16.0. The molecule has 0 saturated carbocycles. The second kappa shape index (κ2) is 7.12. The fourth-order valence-corrected chi connectivity index (χ4v) is 3.06. The van der Waals surface area contributed by atoms with Gasteiger partial charge in [-0.3, -0.25) is 0 Å². The van der Waals surface area contributed by atoms with Gasteiger partial charge in [0, 0.05) is 10.9 Å². The van der Waals surface area contributed by atoms with E-state index in [0.717, 1.165) is 27.6 Å². The molecule has 1 aromatic heterocycles. The summed E-state index contributed by atoms with van der Waals surface area (Å²) in [6.45, 7) is 2.06. The van der Waals surface area contributed by atoms with Crippen molar-refractivity contribution in [2.45, 2.75) is 6.92 Å². The average molecular weight is 332 g/mol. The van der Waals surface area contributed by atoms with Crippen molar-refractivity contribution in [2.24, 2.45) is 0 Å². The molecule has 0 saturated heterocycles. The summed E-state index contributed by atoms with van der Waals surface area (Å²) >= 11 is 1.48. The molecule has 24 heavy (non-hydrogen) atoms. The topological polar surface area (TPSA) is 45.9 Å². The predicted molar refractivity (Wildman–Crippen MR) is 98.8 cm³/mol. The second-order valence-electron chi connectivity index (χ2n) is 5.35. The van der Waals surface area contributed by atoms with Gasteiger partial charge in [-0.15, -0.1) is 11.3 Å². The van der Waals surface area contributed by atoms with Gasteiger partial charge in [0.1, 0.15) is 16.8 Å². The highest BCUT2D eigenvalue weighted by molar-refractivity contribution is 7.11. The minimum Gasteiger partial charge on any atom is -0.497 e. The molecule has 0 radical (unpaired) electrons. The SMILES string of the molecule is COc1ccc(C=C(C#N)c2nc(-c3ccc(C)cc3)cs2)cc1. The van der Waals surface area contributed by atoms with Crippen molar-refractivity contribution in [3.63, 3.8) is 0 Å². The zero-order chi connectivity index (χ0) is 16.9. The third-order valence-electron chi connectivity index (χ3n) is 3.63. The van der Waals surface area contributed by atoms with Crippen LogP contribution in [0.25, 0.3) is 22.9 Å². The van der Waals surface area contributed by atoms with Gasteiger partial charge < -0.3 is 4.74 Å². The molecule has 3 aromatic rings. The Kier molecular flexibility index (Phi) is 4.74. The molecule has 0 aliphatic carbocycles. The Morgan fingerprint density at radius 3 is 2.46 bits per heavy atom. The number of hydrogen-bond acceptors (Lipinski definition) is 4. The lowest BCUT2D eigenvalue weighted by Crippen LogP contribution is -1.84. The summed E-state index contributed by atoms with van der Waals surface area (Å²) in [6.07, 6.45) is 1.84. The van der Waals surface area contributed by atoms with Crippen LogP contribution in [0.3, 0.4) is 0 Å². The highest BCUT2D eigenvalue weighted by Gasteiger charge is 2.09. The van der Waals surface area contributed by atoms with Crippen LogP contribution in [0.1, 0.15) is 16.1 Å². The summed E-state index contributed by atoms with van der Waals surface area (Å²) in [5.41, 5.74) is 4.67.